The van der Waals surface area contributed by atoms with E-state index < -0.39 is 6.10 Å². The molecule has 0 aliphatic heterocycles. The van der Waals surface area contributed by atoms with E-state index in [-0.39, 0.29) is 11.8 Å². The summed E-state index contributed by atoms with van der Waals surface area (Å²) in [5.41, 5.74) is 5.31. The van der Waals surface area contributed by atoms with Gasteiger partial charge in [0.25, 0.3) is 11.8 Å². The Kier molecular flexibility index (Phi) is 6.52. The number of rotatable bonds is 6. The second-order valence-corrected chi connectivity index (χ2v) is 7.34. The van der Waals surface area contributed by atoms with E-state index in [1.165, 1.54) is 0 Å². The summed E-state index contributed by atoms with van der Waals surface area (Å²) in [5.74, 6) is 0.0841. The molecule has 0 aliphatic carbocycles. The Bertz CT molecular complexity index is 1040. The molecular weight excluding hydrogens is 376 g/mol. The molecule has 30 heavy (non-hydrogen) atoms. The molecule has 0 aromatic heterocycles. The van der Waals surface area contributed by atoms with Crippen molar-refractivity contribution in [1.82, 2.24) is 0 Å². The lowest BCUT2D eigenvalue weighted by Crippen LogP contribution is -2.30. The van der Waals surface area contributed by atoms with Gasteiger partial charge in [0.1, 0.15) is 5.75 Å². The molecular formula is C25H26N2O3. The molecule has 0 spiro atoms. The first-order valence-electron chi connectivity index (χ1n) is 9.85. The number of ether oxygens (including phenoxy) is 1. The highest BCUT2D eigenvalue weighted by Gasteiger charge is 2.15. The Balaban J connectivity index is 1.59. The number of carbonyl (C=O) groups is 2. The number of benzene rings is 3. The largest absolute Gasteiger partial charge is 0.481 e. The van der Waals surface area contributed by atoms with Gasteiger partial charge < -0.3 is 15.4 Å². The molecule has 3 aromatic rings. The lowest BCUT2D eigenvalue weighted by Gasteiger charge is -2.15. The number of hydrogen-bond acceptors (Lipinski definition) is 3. The van der Waals surface area contributed by atoms with Gasteiger partial charge >= 0.3 is 0 Å². The number of amides is 2. The van der Waals surface area contributed by atoms with Crippen LogP contribution in [0.5, 0.6) is 5.75 Å². The van der Waals surface area contributed by atoms with Crippen LogP contribution in [-0.4, -0.2) is 17.9 Å². The van der Waals surface area contributed by atoms with Crippen molar-refractivity contribution in [3.8, 4) is 5.75 Å². The fraction of sp³-hybridized carbons (Fsp3) is 0.200. The molecule has 1 atom stereocenters. The van der Waals surface area contributed by atoms with Crippen molar-refractivity contribution in [1.29, 1.82) is 0 Å². The van der Waals surface area contributed by atoms with Crippen LogP contribution >= 0.6 is 0 Å². The Hall–Kier alpha value is -3.60. The van der Waals surface area contributed by atoms with Crippen LogP contribution < -0.4 is 15.4 Å². The standard InChI is InChI=1S/C25H26N2O3/c1-16-8-12-21(13-9-16)26-24(28)19(4)30-22-14-10-20(11-15-22)25(29)27-23-7-5-6-17(2)18(23)3/h5-15,19H,1-4H3,(H,26,28)(H,27,29)/t19-/m0/s1. The Morgan fingerprint density at radius 2 is 1.50 bits per heavy atom. The molecule has 154 valence electrons. The lowest BCUT2D eigenvalue weighted by atomic mass is 10.1. The van der Waals surface area contributed by atoms with Crippen LogP contribution in [0.15, 0.2) is 66.7 Å². The van der Waals surface area contributed by atoms with Crippen molar-refractivity contribution in [3.05, 3.63) is 89.0 Å². The van der Waals surface area contributed by atoms with Crippen LogP contribution in [-0.2, 0) is 4.79 Å². The zero-order chi connectivity index (χ0) is 21.7. The highest BCUT2D eigenvalue weighted by atomic mass is 16.5. The zero-order valence-electron chi connectivity index (χ0n) is 17.7. The molecule has 3 aromatic carbocycles. The lowest BCUT2D eigenvalue weighted by molar-refractivity contribution is -0.122. The Morgan fingerprint density at radius 1 is 0.833 bits per heavy atom. The number of hydrogen-bond donors (Lipinski definition) is 2. The number of carbonyl (C=O) groups excluding carboxylic acids is 2. The summed E-state index contributed by atoms with van der Waals surface area (Å²) in [6.45, 7) is 7.66. The molecule has 2 amide bonds. The zero-order valence-corrected chi connectivity index (χ0v) is 17.7. The summed E-state index contributed by atoms with van der Waals surface area (Å²) >= 11 is 0. The average molecular weight is 402 g/mol. The molecule has 5 heteroatoms. The first kappa shape index (κ1) is 21.1. The third kappa shape index (κ3) is 5.26. The van der Waals surface area contributed by atoms with Gasteiger partial charge in [-0.1, -0.05) is 29.8 Å². The molecule has 5 nitrogen and oxygen atoms in total. The molecule has 0 saturated carbocycles. The predicted molar refractivity (Wildman–Crippen MR) is 120 cm³/mol. The van der Waals surface area contributed by atoms with Crippen LogP contribution in [0.2, 0.25) is 0 Å². The van der Waals surface area contributed by atoms with Crippen molar-refractivity contribution in [2.24, 2.45) is 0 Å². The summed E-state index contributed by atoms with van der Waals surface area (Å²) in [7, 11) is 0. The highest BCUT2D eigenvalue weighted by Crippen LogP contribution is 2.20. The van der Waals surface area contributed by atoms with Crippen LogP contribution in [0.1, 0.15) is 34.0 Å². The van der Waals surface area contributed by atoms with Crippen molar-refractivity contribution < 1.29 is 14.3 Å². The minimum absolute atomic E-state index is 0.194. The molecule has 0 saturated heterocycles. The normalized spacial score (nSPS) is 11.5. The third-order valence-corrected chi connectivity index (χ3v) is 4.97. The van der Waals surface area contributed by atoms with Gasteiger partial charge in [-0.15, -0.1) is 0 Å². The van der Waals surface area contributed by atoms with Gasteiger partial charge in [-0.05, 0) is 81.3 Å². The second-order valence-electron chi connectivity index (χ2n) is 7.34. The topological polar surface area (TPSA) is 67.4 Å². The van der Waals surface area contributed by atoms with E-state index in [1.807, 2.05) is 63.2 Å². The van der Waals surface area contributed by atoms with Crippen LogP contribution in [0, 0.1) is 20.8 Å². The van der Waals surface area contributed by atoms with Crippen molar-refractivity contribution in [2.45, 2.75) is 33.8 Å². The van der Waals surface area contributed by atoms with Gasteiger partial charge in [0, 0.05) is 16.9 Å². The summed E-state index contributed by atoms with van der Waals surface area (Å²) in [5, 5.41) is 5.76. The molecule has 0 unspecified atom stereocenters. The maximum atomic E-state index is 12.5. The van der Waals surface area contributed by atoms with Crippen LogP contribution in [0.25, 0.3) is 0 Å². The summed E-state index contributed by atoms with van der Waals surface area (Å²) in [6.07, 6.45) is -0.680. The van der Waals surface area contributed by atoms with E-state index in [0.29, 0.717) is 11.3 Å². The van der Waals surface area contributed by atoms with Crippen molar-refractivity contribution in [2.75, 3.05) is 10.6 Å². The number of nitrogens with one attached hydrogen (secondary N) is 2. The first-order chi connectivity index (χ1) is 14.3. The SMILES string of the molecule is Cc1ccc(NC(=O)[C@H](C)Oc2ccc(C(=O)Nc3cccc(C)c3C)cc2)cc1. The molecule has 3 rings (SSSR count). The summed E-state index contributed by atoms with van der Waals surface area (Å²) in [6, 6.07) is 20.1. The molecule has 2 N–H and O–H groups in total. The van der Waals surface area contributed by atoms with Gasteiger partial charge in [0.2, 0.25) is 0 Å². The van der Waals surface area contributed by atoms with E-state index in [4.69, 9.17) is 4.74 Å². The summed E-state index contributed by atoms with van der Waals surface area (Å²) in [4.78, 5) is 24.9. The second kappa shape index (κ2) is 9.27. The van der Waals surface area contributed by atoms with Gasteiger partial charge in [0.05, 0.1) is 0 Å². The predicted octanol–water partition coefficient (Wildman–Crippen LogP) is 5.27. The van der Waals surface area contributed by atoms with E-state index in [1.54, 1.807) is 31.2 Å². The van der Waals surface area contributed by atoms with Crippen molar-refractivity contribution in [3.63, 3.8) is 0 Å². The Morgan fingerprint density at radius 3 is 2.17 bits per heavy atom. The molecule has 0 bridgehead atoms. The maximum Gasteiger partial charge on any atom is 0.265 e. The quantitative estimate of drug-likeness (QED) is 0.590. The molecule has 0 aliphatic rings. The third-order valence-electron chi connectivity index (χ3n) is 4.97. The maximum absolute atomic E-state index is 12.5. The van der Waals surface area contributed by atoms with Crippen LogP contribution in [0.4, 0.5) is 11.4 Å². The van der Waals surface area contributed by atoms with Gasteiger partial charge in [-0.2, -0.15) is 0 Å². The smallest absolute Gasteiger partial charge is 0.265 e. The monoisotopic (exact) mass is 402 g/mol. The first-order valence-corrected chi connectivity index (χ1v) is 9.85. The van der Waals surface area contributed by atoms with Gasteiger partial charge in [-0.3, -0.25) is 9.59 Å². The van der Waals surface area contributed by atoms with E-state index in [2.05, 4.69) is 10.6 Å². The molecule has 0 radical (unpaired) electrons. The van der Waals surface area contributed by atoms with E-state index in [9.17, 15) is 9.59 Å². The highest BCUT2D eigenvalue weighted by molar-refractivity contribution is 6.04. The van der Waals surface area contributed by atoms with E-state index >= 15 is 0 Å². The number of anilines is 2. The summed E-state index contributed by atoms with van der Waals surface area (Å²) < 4.78 is 5.72. The molecule has 0 fully saturated rings. The fourth-order valence-corrected chi connectivity index (χ4v) is 2.90. The fourth-order valence-electron chi connectivity index (χ4n) is 2.90. The number of aryl methyl sites for hydroxylation is 2. The average Bonchev–Trinajstić information content (AvgIpc) is 2.73. The van der Waals surface area contributed by atoms with Gasteiger partial charge in [0.15, 0.2) is 6.10 Å². The van der Waals surface area contributed by atoms with Gasteiger partial charge in [-0.25, -0.2) is 0 Å². The molecule has 0 heterocycles. The minimum Gasteiger partial charge on any atom is -0.481 e. The minimum atomic E-state index is -0.680. The van der Waals surface area contributed by atoms with Crippen LogP contribution in [0.3, 0.4) is 0 Å². The van der Waals surface area contributed by atoms with E-state index in [0.717, 1.165) is 28.1 Å². The van der Waals surface area contributed by atoms with Crippen molar-refractivity contribution >= 4 is 23.2 Å². The Labute approximate surface area is 177 Å².